The number of hydrogen-bond acceptors (Lipinski definition) is 10. The van der Waals surface area contributed by atoms with Gasteiger partial charge in [0.15, 0.2) is 0 Å². The number of aromatic nitrogens is 2. The minimum absolute atomic E-state index is 0.0492. The lowest BCUT2D eigenvalue weighted by Gasteiger charge is -2.18. The van der Waals surface area contributed by atoms with Crippen LogP contribution in [0.15, 0.2) is 91.1 Å². The van der Waals surface area contributed by atoms with Crippen LogP contribution >= 0.6 is 11.6 Å². The number of pyridine rings is 1. The number of anilines is 3. The van der Waals surface area contributed by atoms with Crippen LogP contribution in [0.2, 0.25) is 0 Å². The second-order valence-corrected chi connectivity index (χ2v) is 14.7. The second-order valence-electron chi connectivity index (χ2n) is 14.7. The Labute approximate surface area is 419 Å². The lowest BCUT2D eigenvalue weighted by molar-refractivity contribution is -0.0980. The third kappa shape index (κ3) is 14.2. The average Bonchev–Trinajstić information content (AvgIpc) is 4.14. The van der Waals surface area contributed by atoms with Crippen LogP contribution in [0.25, 0.3) is 32.6 Å². The summed E-state index contributed by atoms with van der Waals surface area (Å²) in [5.41, 5.74) is 8.41. The second kappa shape index (κ2) is 30.7. The SMILES string of the molecule is C=O.CC.CC.CC.CC.CCl.Cc1cccc2c(O)cc3c(c12)CCN3C.Cc1cccc2c(O)cc3c(c12)CCN3C(=O)c1cc2cc(NC(=O)c3cccc(OCCOCCO)c3)cnc2[nH]1. The highest BCUT2D eigenvalue weighted by Crippen LogP contribution is 2.42. The van der Waals surface area contributed by atoms with Gasteiger partial charge in [0.1, 0.15) is 42.0 Å². The van der Waals surface area contributed by atoms with Gasteiger partial charge in [-0.15, -0.1) is 11.6 Å². The molecule has 2 aromatic heterocycles. The molecular formula is C56H74ClN5O8. The minimum Gasteiger partial charge on any atom is -0.507 e. The fourth-order valence-corrected chi connectivity index (χ4v) is 8.11. The molecule has 0 fully saturated rings. The molecule has 0 bridgehead atoms. The molecule has 0 spiro atoms. The average molecular weight is 981 g/mol. The van der Waals surface area contributed by atoms with Gasteiger partial charge in [-0.2, -0.15) is 0 Å². The highest BCUT2D eigenvalue weighted by Gasteiger charge is 2.30. The summed E-state index contributed by atoms with van der Waals surface area (Å²) in [6.07, 6.45) is 4.77. The number of likely N-dealkylation sites (N-methyl/N-ethyl adjacent to an activating group) is 1. The van der Waals surface area contributed by atoms with Gasteiger partial charge in [0.25, 0.3) is 11.8 Å². The maximum Gasteiger partial charge on any atom is 0.274 e. The first-order valence-corrected chi connectivity index (χ1v) is 24.8. The molecule has 0 saturated heterocycles. The topological polar surface area (TPSA) is 178 Å². The molecule has 0 saturated carbocycles. The largest absolute Gasteiger partial charge is 0.507 e. The van der Waals surface area contributed by atoms with Gasteiger partial charge in [0, 0.05) is 66.1 Å². The molecule has 5 N–H and O–H groups in total. The molecular weight excluding hydrogens is 906 g/mol. The first-order valence-electron chi connectivity index (χ1n) is 24.0. The van der Waals surface area contributed by atoms with Crippen LogP contribution in [0, 0.1) is 13.8 Å². The number of aryl methyl sites for hydroxylation is 2. The Morgan fingerprint density at radius 3 is 1.90 bits per heavy atom. The highest BCUT2D eigenvalue weighted by molar-refractivity contribution is 6.15. The van der Waals surface area contributed by atoms with Crippen molar-refractivity contribution in [3.05, 3.63) is 125 Å². The maximum absolute atomic E-state index is 13.6. The van der Waals surface area contributed by atoms with Crippen LogP contribution in [0.3, 0.4) is 0 Å². The Morgan fingerprint density at radius 2 is 1.30 bits per heavy atom. The summed E-state index contributed by atoms with van der Waals surface area (Å²) in [6, 6.07) is 25.8. The summed E-state index contributed by atoms with van der Waals surface area (Å²) in [4.78, 5) is 45.9. The van der Waals surface area contributed by atoms with Crippen LogP contribution < -0.4 is 19.9 Å². The summed E-state index contributed by atoms with van der Waals surface area (Å²) < 4.78 is 10.8. The number of aliphatic hydroxyl groups is 1. The summed E-state index contributed by atoms with van der Waals surface area (Å²) in [5, 5.41) is 37.0. The van der Waals surface area contributed by atoms with E-state index in [-0.39, 0.29) is 30.8 Å². The molecule has 5 aromatic carbocycles. The molecule has 9 rings (SSSR count). The molecule has 0 atom stereocenters. The number of carbonyl (C=O) groups excluding carboxylic acids is 3. The predicted molar refractivity (Wildman–Crippen MR) is 291 cm³/mol. The number of aromatic amines is 1. The smallest absolute Gasteiger partial charge is 0.274 e. The summed E-state index contributed by atoms with van der Waals surface area (Å²) in [6.45, 7) is 24.5. The summed E-state index contributed by atoms with van der Waals surface area (Å²) >= 11 is 4.64. The Morgan fingerprint density at radius 1 is 0.743 bits per heavy atom. The Hall–Kier alpha value is -6.67. The number of phenolic OH excluding ortho intramolecular Hbond substituents is 2. The van der Waals surface area contributed by atoms with Crippen molar-refractivity contribution in [1.29, 1.82) is 0 Å². The van der Waals surface area contributed by atoms with Crippen molar-refractivity contribution in [1.82, 2.24) is 9.97 Å². The van der Waals surface area contributed by atoms with E-state index in [1.54, 1.807) is 47.4 Å². The number of benzene rings is 5. The highest BCUT2D eigenvalue weighted by atomic mass is 35.5. The number of aliphatic hydroxyl groups excluding tert-OH is 1. The third-order valence-electron chi connectivity index (χ3n) is 10.9. The van der Waals surface area contributed by atoms with Crippen molar-refractivity contribution in [2.45, 2.75) is 82.1 Å². The van der Waals surface area contributed by atoms with E-state index in [2.05, 4.69) is 51.8 Å². The zero-order valence-electron chi connectivity index (χ0n) is 43.1. The van der Waals surface area contributed by atoms with Gasteiger partial charge in [-0.25, -0.2) is 4.98 Å². The minimum atomic E-state index is -0.332. The van der Waals surface area contributed by atoms with Crippen molar-refractivity contribution in [2.24, 2.45) is 0 Å². The summed E-state index contributed by atoms with van der Waals surface area (Å²) in [5.74, 6) is 0.517. The number of ether oxygens (including phenoxy) is 2. The number of rotatable bonds is 9. The van der Waals surface area contributed by atoms with Crippen LogP contribution in [0.5, 0.6) is 17.2 Å². The van der Waals surface area contributed by atoms with Crippen molar-refractivity contribution < 1.29 is 39.2 Å². The number of nitrogens with one attached hydrogen (secondary N) is 2. The molecule has 2 amide bonds. The van der Waals surface area contributed by atoms with Crippen LogP contribution in [0.1, 0.15) is 98.5 Å². The maximum atomic E-state index is 13.6. The molecule has 378 valence electrons. The summed E-state index contributed by atoms with van der Waals surface area (Å²) in [7, 11) is 2.08. The molecule has 4 heterocycles. The fourth-order valence-electron chi connectivity index (χ4n) is 8.11. The number of carbonyl (C=O) groups is 3. The van der Waals surface area contributed by atoms with Crippen molar-refractivity contribution >= 4 is 79.8 Å². The van der Waals surface area contributed by atoms with Crippen LogP contribution in [0.4, 0.5) is 17.1 Å². The van der Waals surface area contributed by atoms with Crippen molar-refractivity contribution in [3.8, 4) is 17.2 Å². The Bertz CT molecular complexity index is 2740. The molecule has 7 aromatic rings. The quantitative estimate of drug-likeness (QED) is 0.0691. The van der Waals surface area contributed by atoms with Gasteiger partial charge >= 0.3 is 0 Å². The first kappa shape index (κ1) is 59.5. The van der Waals surface area contributed by atoms with E-state index in [1.165, 1.54) is 34.8 Å². The molecule has 13 nitrogen and oxygen atoms in total. The number of amides is 2. The van der Waals surface area contributed by atoms with Crippen molar-refractivity contribution in [3.63, 3.8) is 0 Å². The monoisotopic (exact) mass is 980 g/mol. The lowest BCUT2D eigenvalue weighted by atomic mass is 9.97. The van der Waals surface area contributed by atoms with Crippen molar-refractivity contribution in [2.75, 3.05) is 68.1 Å². The van der Waals surface area contributed by atoms with E-state index in [9.17, 15) is 19.8 Å². The molecule has 2 aliphatic heterocycles. The molecule has 70 heavy (non-hydrogen) atoms. The van der Waals surface area contributed by atoms with Gasteiger partial charge in [-0.05, 0) is 90.0 Å². The normalized spacial score (nSPS) is 11.3. The predicted octanol–water partition coefficient (Wildman–Crippen LogP) is 12.2. The molecule has 0 radical (unpaired) electrons. The number of H-pyrrole nitrogens is 1. The van der Waals surface area contributed by atoms with Gasteiger partial charge in [0.2, 0.25) is 0 Å². The Kier molecular flexibility index (Phi) is 26.1. The zero-order chi connectivity index (χ0) is 52.5. The van der Waals surface area contributed by atoms with Crippen LogP contribution in [-0.2, 0) is 22.4 Å². The molecule has 0 aliphatic carbocycles. The molecule has 0 unspecified atom stereocenters. The molecule has 2 aliphatic rings. The van der Waals surface area contributed by atoms with E-state index >= 15 is 0 Å². The van der Waals surface area contributed by atoms with E-state index in [0.717, 1.165) is 40.3 Å². The number of aromatic hydroxyl groups is 2. The number of halogens is 1. The fraction of sp³-hybridized carbons (Fsp3) is 0.357. The van der Waals surface area contributed by atoms with Gasteiger partial charge < -0.3 is 49.7 Å². The van der Waals surface area contributed by atoms with Crippen LogP contribution in [-0.4, -0.2) is 96.8 Å². The van der Waals surface area contributed by atoms with E-state index in [4.69, 9.17) is 19.4 Å². The van der Waals surface area contributed by atoms with Gasteiger partial charge in [-0.3, -0.25) is 9.59 Å². The van der Waals surface area contributed by atoms with E-state index in [1.807, 2.05) is 106 Å². The van der Waals surface area contributed by atoms with Gasteiger partial charge in [-0.1, -0.05) is 97.9 Å². The number of nitrogens with zero attached hydrogens (tertiary/aromatic N) is 3. The first-order chi connectivity index (χ1) is 34.1. The van der Waals surface area contributed by atoms with E-state index in [0.29, 0.717) is 71.3 Å². The number of fused-ring (bicyclic) bond motifs is 7. The lowest BCUT2D eigenvalue weighted by Crippen LogP contribution is -2.29. The number of phenols is 2. The molecule has 14 heteroatoms. The number of hydrogen-bond donors (Lipinski definition) is 5. The zero-order valence-corrected chi connectivity index (χ0v) is 43.9. The van der Waals surface area contributed by atoms with E-state index < -0.39 is 0 Å². The number of alkyl halides is 1. The Balaban J connectivity index is 0.000000497. The standard InChI is InChI=1S/C32H30N4O6.C14H15NO.4C2H6.CH3Cl.CH2O/c1-19-4-2-7-25-28(38)17-27-24(29(19)25)8-9-36(27)32(40)26-16-21-14-22(18-33-30(21)35-26)34-31(39)20-5-3-6-23(15-20)42-13-12-41-11-10-37;1-9-4-3-5-11-13(16)8-12-10(14(9)11)6-7-15(12)2;6*1-2/h2-7,14-18,37-38H,8-13H2,1H3,(H,33,35)(H,34,39);3-5,8,16H,6-7H2,1-2H3;4*1-2H3;1H3;1H2. The van der Waals surface area contributed by atoms with Gasteiger partial charge in [0.05, 0.1) is 37.4 Å². The third-order valence-corrected chi connectivity index (χ3v) is 10.9.